The maximum atomic E-state index is 11.6. The number of hydrogen-bond acceptors (Lipinski definition) is 3. The van der Waals surface area contributed by atoms with E-state index in [-0.39, 0.29) is 5.91 Å². The van der Waals surface area contributed by atoms with Crippen molar-refractivity contribution in [2.45, 2.75) is 39.3 Å². The predicted molar refractivity (Wildman–Crippen MR) is 63.7 cm³/mol. The normalized spacial score (nSPS) is 11.2. The second kappa shape index (κ2) is 5.07. The van der Waals surface area contributed by atoms with Crippen molar-refractivity contribution in [2.75, 3.05) is 0 Å². The molecule has 0 radical (unpaired) electrons. The second-order valence-corrected chi connectivity index (χ2v) is 4.37. The van der Waals surface area contributed by atoms with Crippen LogP contribution in [0.25, 0.3) is 0 Å². The molecule has 0 aromatic carbocycles. The van der Waals surface area contributed by atoms with Crippen LogP contribution in [-0.2, 0) is 17.8 Å². The van der Waals surface area contributed by atoms with E-state index in [4.69, 9.17) is 5.73 Å². The molecule has 0 saturated heterocycles. The molecule has 0 spiro atoms. The Hall–Kier alpha value is -1.42. The SMILES string of the molecule is CCc1cccnc1CNC(=O)C(C)(C)N. The van der Waals surface area contributed by atoms with Crippen LogP contribution in [0.3, 0.4) is 0 Å². The molecule has 0 unspecified atom stereocenters. The van der Waals surface area contributed by atoms with Crippen LogP contribution in [0.1, 0.15) is 32.0 Å². The summed E-state index contributed by atoms with van der Waals surface area (Å²) in [5, 5.41) is 2.79. The highest BCUT2D eigenvalue weighted by Gasteiger charge is 2.21. The Morgan fingerprint density at radius 3 is 2.81 bits per heavy atom. The number of carbonyl (C=O) groups excluding carboxylic acids is 1. The van der Waals surface area contributed by atoms with Gasteiger partial charge in [-0.25, -0.2) is 0 Å². The topological polar surface area (TPSA) is 68.0 Å². The average molecular weight is 221 g/mol. The molecule has 1 heterocycles. The van der Waals surface area contributed by atoms with Gasteiger partial charge in [-0.3, -0.25) is 9.78 Å². The van der Waals surface area contributed by atoms with Crippen molar-refractivity contribution in [3.8, 4) is 0 Å². The molecule has 1 rings (SSSR count). The number of aryl methyl sites for hydroxylation is 1. The van der Waals surface area contributed by atoms with Gasteiger partial charge in [0.05, 0.1) is 17.8 Å². The fourth-order valence-corrected chi connectivity index (χ4v) is 1.34. The molecule has 0 saturated carbocycles. The van der Waals surface area contributed by atoms with Gasteiger partial charge in [-0.15, -0.1) is 0 Å². The molecule has 4 heteroatoms. The lowest BCUT2D eigenvalue weighted by molar-refractivity contribution is -0.125. The number of carbonyl (C=O) groups is 1. The zero-order valence-electron chi connectivity index (χ0n) is 10.1. The van der Waals surface area contributed by atoms with Gasteiger partial charge in [0, 0.05) is 6.20 Å². The van der Waals surface area contributed by atoms with Gasteiger partial charge in [-0.1, -0.05) is 13.0 Å². The van der Waals surface area contributed by atoms with Crippen molar-refractivity contribution < 1.29 is 4.79 Å². The van der Waals surface area contributed by atoms with Gasteiger partial charge in [-0.2, -0.15) is 0 Å². The zero-order valence-corrected chi connectivity index (χ0v) is 10.1. The summed E-state index contributed by atoms with van der Waals surface area (Å²) in [6.45, 7) is 5.86. The van der Waals surface area contributed by atoms with Gasteiger partial charge in [0.1, 0.15) is 0 Å². The van der Waals surface area contributed by atoms with E-state index in [2.05, 4.69) is 17.2 Å². The largest absolute Gasteiger partial charge is 0.349 e. The van der Waals surface area contributed by atoms with Crippen LogP contribution < -0.4 is 11.1 Å². The molecular formula is C12H19N3O. The molecule has 16 heavy (non-hydrogen) atoms. The molecular weight excluding hydrogens is 202 g/mol. The molecule has 1 amide bonds. The highest BCUT2D eigenvalue weighted by atomic mass is 16.2. The van der Waals surface area contributed by atoms with Gasteiger partial charge < -0.3 is 11.1 Å². The number of pyridine rings is 1. The quantitative estimate of drug-likeness (QED) is 0.797. The van der Waals surface area contributed by atoms with Gasteiger partial charge in [0.15, 0.2) is 0 Å². The van der Waals surface area contributed by atoms with Gasteiger partial charge in [-0.05, 0) is 31.9 Å². The fraction of sp³-hybridized carbons (Fsp3) is 0.500. The molecule has 0 aliphatic rings. The number of hydrogen-bond donors (Lipinski definition) is 2. The van der Waals surface area contributed by atoms with Gasteiger partial charge in [0.25, 0.3) is 0 Å². The van der Waals surface area contributed by atoms with E-state index in [9.17, 15) is 4.79 Å². The van der Waals surface area contributed by atoms with Crippen molar-refractivity contribution in [1.29, 1.82) is 0 Å². The molecule has 0 fully saturated rings. The van der Waals surface area contributed by atoms with Crippen LogP contribution in [-0.4, -0.2) is 16.4 Å². The first-order chi connectivity index (χ1) is 7.45. The first-order valence-electron chi connectivity index (χ1n) is 5.45. The Labute approximate surface area is 96.3 Å². The van der Waals surface area contributed by atoms with E-state index in [0.29, 0.717) is 6.54 Å². The predicted octanol–water partition coefficient (Wildman–Crippen LogP) is 0.997. The minimum absolute atomic E-state index is 0.166. The summed E-state index contributed by atoms with van der Waals surface area (Å²) in [6, 6.07) is 3.92. The summed E-state index contributed by atoms with van der Waals surface area (Å²) >= 11 is 0. The third kappa shape index (κ3) is 3.31. The molecule has 88 valence electrons. The third-order valence-electron chi connectivity index (χ3n) is 2.37. The Balaban J connectivity index is 2.65. The standard InChI is InChI=1S/C12H19N3O/c1-4-9-6-5-7-14-10(9)8-15-11(16)12(2,3)13/h5-7H,4,8,13H2,1-3H3,(H,15,16). The summed E-state index contributed by atoms with van der Waals surface area (Å²) in [4.78, 5) is 15.8. The molecule has 0 aliphatic carbocycles. The smallest absolute Gasteiger partial charge is 0.239 e. The zero-order chi connectivity index (χ0) is 12.2. The number of nitrogens with one attached hydrogen (secondary N) is 1. The number of aromatic nitrogens is 1. The summed E-state index contributed by atoms with van der Waals surface area (Å²) in [6.07, 6.45) is 2.64. The Bertz CT molecular complexity index is 369. The highest BCUT2D eigenvalue weighted by molar-refractivity contribution is 5.84. The number of rotatable bonds is 4. The number of nitrogens with two attached hydrogens (primary N) is 1. The molecule has 0 atom stereocenters. The Morgan fingerprint density at radius 1 is 1.56 bits per heavy atom. The Kier molecular flexibility index (Phi) is 4.01. The van der Waals surface area contributed by atoms with Crippen molar-refractivity contribution in [1.82, 2.24) is 10.3 Å². The monoisotopic (exact) mass is 221 g/mol. The van der Waals surface area contributed by atoms with E-state index < -0.39 is 5.54 Å². The van der Waals surface area contributed by atoms with Crippen LogP contribution in [0.2, 0.25) is 0 Å². The van der Waals surface area contributed by atoms with E-state index in [0.717, 1.165) is 17.7 Å². The van der Waals surface area contributed by atoms with Gasteiger partial charge >= 0.3 is 0 Å². The van der Waals surface area contributed by atoms with Gasteiger partial charge in [0.2, 0.25) is 5.91 Å². The lowest BCUT2D eigenvalue weighted by Gasteiger charge is -2.18. The first-order valence-corrected chi connectivity index (χ1v) is 5.45. The second-order valence-electron chi connectivity index (χ2n) is 4.37. The minimum Gasteiger partial charge on any atom is -0.349 e. The van der Waals surface area contributed by atoms with Crippen molar-refractivity contribution in [3.05, 3.63) is 29.6 Å². The van der Waals surface area contributed by atoms with Crippen LogP contribution in [0, 0.1) is 0 Å². The third-order valence-corrected chi connectivity index (χ3v) is 2.37. The highest BCUT2D eigenvalue weighted by Crippen LogP contribution is 2.06. The minimum atomic E-state index is -0.846. The average Bonchev–Trinajstić information content (AvgIpc) is 2.24. The molecule has 3 N–H and O–H groups in total. The molecule has 0 aliphatic heterocycles. The van der Waals surface area contributed by atoms with E-state index in [1.165, 1.54) is 0 Å². The number of amides is 1. The lowest BCUT2D eigenvalue weighted by Crippen LogP contribution is -2.48. The summed E-state index contributed by atoms with van der Waals surface area (Å²) < 4.78 is 0. The van der Waals surface area contributed by atoms with Crippen molar-refractivity contribution in [3.63, 3.8) is 0 Å². The summed E-state index contributed by atoms with van der Waals surface area (Å²) in [7, 11) is 0. The van der Waals surface area contributed by atoms with Crippen LogP contribution in [0.15, 0.2) is 18.3 Å². The van der Waals surface area contributed by atoms with E-state index in [1.54, 1.807) is 20.0 Å². The van der Waals surface area contributed by atoms with Crippen LogP contribution in [0.4, 0.5) is 0 Å². The molecule has 1 aromatic heterocycles. The van der Waals surface area contributed by atoms with E-state index >= 15 is 0 Å². The maximum Gasteiger partial charge on any atom is 0.239 e. The van der Waals surface area contributed by atoms with Crippen molar-refractivity contribution in [2.24, 2.45) is 5.73 Å². The van der Waals surface area contributed by atoms with E-state index in [1.807, 2.05) is 12.1 Å². The fourth-order valence-electron chi connectivity index (χ4n) is 1.34. The lowest BCUT2D eigenvalue weighted by atomic mass is 10.1. The maximum absolute atomic E-state index is 11.6. The van der Waals surface area contributed by atoms with Crippen LogP contribution >= 0.6 is 0 Å². The Morgan fingerprint density at radius 2 is 2.25 bits per heavy atom. The van der Waals surface area contributed by atoms with Crippen molar-refractivity contribution >= 4 is 5.91 Å². The molecule has 1 aromatic rings. The summed E-state index contributed by atoms with van der Waals surface area (Å²) in [5.41, 5.74) is 6.89. The summed E-state index contributed by atoms with van der Waals surface area (Å²) in [5.74, 6) is -0.166. The molecule has 4 nitrogen and oxygen atoms in total. The molecule has 0 bridgehead atoms. The van der Waals surface area contributed by atoms with Crippen LogP contribution in [0.5, 0.6) is 0 Å². The number of nitrogens with zero attached hydrogens (tertiary/aromatic N) is 1. The first kappa shape index (κ1) is 12.6.